The van der Waals surface area contributed by atoms with Gasteiger partial charge in [0.25, 0.3) is 0 Å². The Morgan fingerprint density at radius 1 is 1.33 bits per heavy atom. The van der Waals surface area contributed by atoms with Gasteiger partial charge in [0, 0.05) is 17.5 Å². The Labute approximate surface area is 87.7 Å². The highest BCUT2D eigenvalue weighted by atomic mass is 16.3. The Balaban J connectivity index is 2.74. The molecule has 1 atom stereocenters. The Kier molecular flexibility index (Phi) is 2.62. The molecule has 3 N–H and O–H groups in total. The Hall–Kier alpha value is -1.52. The van der Waals surface area contributed by atoms with E-state index in [0.717, 1.165) is 22.2 Å². The van der Waals surface area contributed by atoms with E-state index in [-0.39, 0.29) is 6.54 Å². The van der Waals surface area contributed by atoms with Gasteiger partial charge in [-0.15, -0.1) is 0 Å². The van der Waals surface area contributed by atoms with Crippen molar-refractivity contribution in [1.29, 1.82) is 0 Å². The van der Waals surface area contributed by atoms with E-state index in [4.69, 9.17) is 5.73 Å². The summed E-state index contributed by atoms with van der Waals surface area (Å²) in [5, 5.41) is 18.8. The first-order chi connectivity index (χ1) is 7.24. The summed E-state index contributed by atoms with van der Waals surface area (Å²) in [5.41, 5.74) is 7.76. The third-order valence-corrected chi connectivity index (χ3v) is 2.45. The maximum Gasteiger partial charge on any atom is 0.0936 e. The molecule has 0 saturated carbocycles. The summed E-state index contributed by atoms with van der Waals surface area (Å²) in [5.74, 6) is 0. The molecule has 0 saturated heterocycles. The Bertz CT molecular complexity index is 484. The van der Waals surface area contributed by atoms with E-state index in [1.165, 1.54) is 0 Å². The van der Waals surface area contributed by atoms with Crippen LogP contribution in [0.2, 0.25) is 0 Å². The number of hydrogen-bond acceptors (Lipinski definition) is 4. The summed E-state index contributed by atoms with van der Waals surface area (Å²) in [6.45, 7) is 2.02. The zero-order valence-corrected chi connectivity index (χ0v) is 8.51. The fourth-order valence-electron chi connectivity index (χ4n) is 1.70. The third kappa shape index (κ3) is 1.69. The molecule has 1 aromatic carbocycles. The van der Waals surface area contributed by atoms with Gasteiger partial charge in [-0.05, 0) is 13.0 Å². The Morgan fingerprint density at radius 3 is 2.80 bits per heavy atom. The second kappa shape index (κ2) is 3.92. The van der Waals surface area contributed by atoms with Crippen LogP contribution in [0.5, 0.6) is 0 Å². The van der Waals surface area contributed by atoms with Gasteiger partial charge in [0.1, 0.15) is 0 Å². The molecule has 4 nitrogen and oxygen atoms in total. The van der Waals surface area contributed by atoms with Gasteiger partial charge in [0.05, 0.1) is 17.3 Å². The molecule has 0 aliphatic heterocycles. The molecular formula is C11H13N3O. The molecule has 78 valence electrons. The first-order valence-corrected chi connectivity index (χ1v) is 4.84. The largest absolute Gasteiger partial charge is 0.387 e. The molecule has 15 heavy (non-hydrogen) atoms. The zero-order valence-electron chi connectivity index (χ0n) is 8.51. The van der Waals surface area contributed by atoms with Crippen molar-refractivity contribution < 1.29 is 5.11 Å². The minimum Gasteiger partial charge on any atom is -0.387 e. The van der Waals surface area contributed by atoms with Crippen LogP contribution >= 0.6 is 0 Å². The zero-order chi connectivity index (χ0) is 10.8. The van der Waals surface area contributed by atoms with Crippen LogP contribution in [0.3, 0.4) is 0 Å². The average molecular weight is 203 g/mol. The molecule has 0 aliphatic carbocycles. The first kappa shape index (κ1) is 10.0. The van der Waals surface area contributed by atoms with Gasteiger partial charge in [-0.25, -0.2) is 0 Å². The van der Waals surface area contributed by atoms with Crippen LogP contribution in [-0.2, 0) is 0 Å². The van der Waals surface area contributed by atoms with E-state index in [9.17, 15) is 5.11 Å². The number of rotatable bonds is 2. The quantitative estimate of drug-likeness (QED) is 0.761. The molecule has 4 heteroatoms. The molecule has 0 spiro atoms. The number of aromatic nitrogens is 2. The van der Waals surface area contributed by atoms with E-state index in [0.29, 0.717) is 0 Å². The second-order valence-corrected chi connectivity index (χ2v) is 3.47. The van der Waals surface area contributed by atoms with E-state index < -0.39 is 6.10 Å². The van der Waals surface area contributed by atoms with E-state index in [1.807, 2.05) is 31.2 Å². The number of nitrogens with zero attached hydrogens (tertiary/aromatic N) is 2. The van der Waals surface area contributed by atoms with Crippen LogP contribution in [0.1, 0.15) is 17.4 Å². The number of hydrogen-bond donors (Lipinski definition) is 2. The van der Waals surface area contributed by atoms with Gasteiger partial charge in [-0.2, -0.15) is 10.2 Å². The summed E-state index contributed by atoms with van der Waals surface area (Å²) >= 11 is 0. The van der Waals surface area contributed by atoms with Crippen molar-refractivity contribution >= 4 is 10.9 Å². The average Bonchev–Trinajstić information content (AvgIpc) is 2.28. The van der Waals surface area contributed by atoms with Gasteiger partial charge >= 0.3 is 0 Å². The highest BCUT2D eigenvalue weighted by molar-refractivity contribution is 5.82. The molecule has 1 unspecified atom stereocenters. The minimum absolute atomic E-state index is 0.191. The first-order valence-electron chi connectivity index (χ1n) is 4.84. The lowest BCUT2D eigenvalue weighted by molar-refractivity contribution is 0.187. The summed E-state index contributed by atoms with van der Waals surface area (Å²) in [6.07, 6.45) is -0.676. The monoisotopic (exact) mass is 203 g/mol. The molecular weight excluding hydrogens is 190 g/mol. The fourth-order valence-corrected chi connectivity index (χ4v) is 1.70. The van der Waals surface area contributed by atoms with E-state index >= 15 is 0 Å². The van der Waals surface area contributed by atoms with Crippen LogP contribution in [0.25, 0.3) is 10.9 Å². The van der Waals surface area contributed by atoms with Crippen LogP contribution in [-0.4, -0.2) is 21.8 Å². The van der Waals surface area contributed by atoms with Crippen LogP contribution in [0.4, 0.5) is 0 Å². The summed E-state index contributed by atoms with van der Waals surface area (Å²) in [4.78, 5) is 0. The van der Waals surface area contributed by atoms with Crippen molar-refractivity contribution in [3.8, 4) is 0 Å². The number of fused-ring (bicyclic) bond motifs is 1. The summed E-state index contributed by atoms with van der Waals surface area (Å²) in [6, 6.07) is 7.60. The van der Waals surface area contributed by atoms with Crippen molar-refractivity contribution in [2.45, 2.75) is 13.0 Å². The van der Waals surface area contributed by atoms with Gasteiger partial charge < -0.3 is 10.8 Å². The number of aliphatic hydroxyl groups is 1. The maximum atomic E-state index is 9.82. The highest BCUT2D eigenvalue weighted by Crippen LogP contribution is 2.23. The number of benzene rings is 1. The lowest BCUT2D eigenvalue weighted by Gasteiger charge is -2.12. The molecule has 2 aromatic rings. The molecule has 0 radical (unpaired) electrons. The molecule has 2 rings (SSSR count). The molecule has 0 aliphatic rings. The highest BCUT2D eigenvalue weighted by Gasteiger charge is 2.13. The van der Waals surface area contributed by atoms with E-state index in [2.05, 4.69) is 10.2 Å². The maximum absolute atomic E-state index is 9.82. The molecule has 1 aromatic heterocycles. The lowest BCUT2D eigenvalue weighted by atomic mass is 10.0. The van der Waals surface area contributed by atoms with Crippen LogP contribution in [0, 0.1) is 6.92 Å². The number of aryl methyl sites for hydroxylation is 1. The van der Waals surface area contributed by atoms with Crippen molar-refractivity contribution in [1.82, 2.24) is 10.2 Å². The van der Waals surface area contributed by atoms with Gasteiger partial charge in [0.2, 0.25) is 0 Å². The van der Waals surface area contributed by atoms with Crippen molar-refractivity contribution in [2.75, 3.05) is 6.54 Å². The molecule has 1 heterocycles. The smallest absolute Gasteiger partial charge is 0.0936 e. The topological polar surface area (TPSA) is 72.0 Å². The van der Waals surface area contributed by atoms with E-state index in [1.54, 1.807) is 0 Å². The molecule has 0 fully saturated rings. The summed E-state index contributed by atoms with van der Waals surface area (Å²) in [7, 11) is 0. The van der Waals surface area contributed by atoms with Crippen LogP contribution < -0.4 is 5.73 Å². The fraction of sp³-hybridized carbons (Fsp3) is 0.273. The van der Waals surface area contributed by atoms with Crippen LogP contribution in [0.15, 0.2) is 24.3 Å². The number of aliphatic hydroxyl groups excluding tert-OH is 1. The predicted octanol–water partition coefficient (Wildman–Crippen LogP) is 0.930. The number of nitrogens with two attached hydrogens (primary N) is 1. The van der Waals surface area contributed by atoms with Crippen molar-refractivity contribution in [3.63, 3.8) is 0 Å². The van der Waals surface area contributed by atoms with Gasteiger partial charge in [-0.1, -0.05) is 18.2 Å². The normalized spacial score (nSPS) is 13.0. The van der Waals surface area contributed by atoms with Crippen molar-refractivity contribution in [3.05, 3.63) is 35.5 Å². The summed E-state index contributed by atoms with van der Waals surface area (Å²) < 4.78 is 0. The molecule has 0 bridgehead atoms. The molecule has 0 amide bonds. The second-order valence-electron chi connectivity index (χ2n) is 3.47. The van der Waals surface area contributed by atoms with Gasteiger partial charge in [-0.3, -0.25) is 0 Å². The standard InChI is InChI=1S/C11H13N3O/c1-7-11(10(15)6-12)8-4-2-3-5-9(8)14-13-7/h2-5,10,15H,6,12H2,1H3. The Morgan fingerprint density at radius 2 is 2.07 bits per heavy atom. The predicted molar refractivity (Wildman–Crippen MR) is 58.3 cm³/mol. The minimum atomic E-state index is -0.676. The van der Waals surface area contributed by atoms with Gasteiger partial charge in [0.15, 0.2) is 0 Å². The van der Waals surface area contributed by atoms with Crippen molar-refractivity contribution in [2.24, 2.45) is 5.73 Å². The SMILES string of the molecule is Cc1nnc2ccccc2c1C(O)CN. The third-order valence-electron chi connectivity index (χ3n) is 2.45. The lowest BCUT2D eigenvalue weighted by Crippen LogP contribution is -2.14.